The van der Waals surface area contributed by atoms with Crippen molar-refractivity contribution in [3.63, 3.8) is 0 Å². The Hall–Kier alpha value is -2.06. The highest BCUT2D eigenvalue weighted by molar-refractivity contribution is 8.02. The Morgan fingerprint density at radius 3 is 2.51 bits per heavy atom. The summed E-state index contributed by atoms with van der Waals surface area (Å²) < 4.78 is 4.67. The lowest BCUT2D eigenvalue weighted by molar-refractivity contribution is -0.154. The number of likely N-dealkylation sites (tertiary alicyclic amines) is 1. The molecule has 4 rings (SSSR count). The minimum atomic E-state index is -0.783. The first-order chi connectivity index (χ1) is 16.6. The summed E-state index contributed by atoms with van der Waals surface area (Å²) in [7, 11) is 0. The van der Waals surface area contributed by atoms with Crippen LogP contribution in [0.25, 0.3) is 0 Å². The van der Waals surface area contributed by atoms with Gasteiger partial charge in [-0.2, -0.15) is 0 Å². The van der Waals surface area contributed by atoms with Crippen molar-refractivity contribution in [3.8, 4) is 0 Å². The number of fused-ring (bicyclic) bond motifs is 1. The van der Waals surface area contributed by atoms with E-state index >= 15 is 0 Å². The fraction of sp³-hybridized carbons (Fsp3) is 0.667. The van der Waals surface area contributed by atoms with E-state index in [0.29, 0.717) is 0 Å². The van der Waals surface area contributed by atoms with E-state index in [4.69, 9.17) is 4.74 Å². The summed E-state index contributed by atoms with van der Waals surface area (Å²) in [5.41, 5.74) is 2.65. The summed E-state index contributed by atoms with van der Waals surface area (Å²) in [4.78, 5) is 43.0. The second-order valence-corrected chi connectivity index (χ2v) is 12.0. The second-order valence-electron chi connectivity index (χ2n) is 10.4. The third kappa shape index (κ3) is 3.88. The quantitative estimate of drug-likeness (QED) is 0.528. The van der Waals surface area contributed by atoms with Gasteiger partial charge in [0.1, 0.15) is 6.04 Å². The number of nitrogens with one attached hydrogen (secondary N) is 1. The van der Waals surface area contributed by atoms with Crippen LogP contribution in [0.2, 0.25) is 0 Å². The Morgan fingerprint density at radius 1 is 1.29 bits per heavy atom. The van der Waals surface area contributed by atoms with Crippen LogP contribution in [-0.2, 0) is 19.1 Å². The van der Waals surface area contributed by atoms with Gasteiger partial charge in [0.05, 0.1) is 35.8 Å². The molecule has 3 aliphatic rings. The number of hydrogen-bond donors (Lipinski definition) is 2. The summed E-state index contributed by atoms with van der Waals surface area (Å²) in [6.07, 6.45) is 1.51. The second kappa shape index (κ2) is 9.77. The Labute approximate surface area is 212 Å². The standard InChI is InChI=1S/C27H38N2O5S/c1-7-14(3)18(13-30)29-23(24(31)28-22-15(4)10-9-11-16(22)5)27-17(6)12-19(35-27)20(21(27)25(29)32)26(33)34-8-2/h9-11,14,17-21,23,30H,7-8,12-13H2,1-6H3,(H,28,31)/t14-,17?,18-,19+,20-,21-,23?,27?/m0/s1. The number of nitrogens with zero attached hydrogens (tertiary/aromatic N) is 1. The van der Waals surface area contributed by atoms with Gasteiger partial charge in [0.2, 0.25) is 11.8 Å². The van der Waals surface area contributed by atoms with Crippen molar-refractivity contribution >= 4 is 35.2 Å². The number of carbonyl (C=O) groups is 3. The average Bonchev–Trinajstić information content (AvgIpc) is 3.41. The molecule has 3 fully saturated rings. The zero-order valence-corrected chi connectivity index (χ0v) is 22.4. The fourth-order valence-electron chi connectivity index (χ4n) is 6.64. The molecule has 7 nitrogen and oxygen atoms in total. The van der Waals surface area contributed by atoms with Crippen LogP contribution < -0.4 is 5.32 Å². The highest BCUT2D eigenvalue weighted by Crippen LogP contribution is 2.69. The van der Waals surface area contributed by atoms with E-state index < -0.39 is 28.7 Å². The SMILES string of the molecule is CCOC(=O)[C@@H]1[C@H]2C(=O)N([C@@H](CO)[C@@H](C)CC)C(C(=O)Nc3c(C)cccc3C)C23S[C@@H]1CC3C. The third-order valence-electron chi connectivity index (χ3n) is 8.56. The molecule has 0 aromatic heterocycles. The van der Waals surface area contributed by atoms with E-state index in [1.165, 1.54) is 0 Å². The van der Waals surface area contributed by atoms with Crippen molar-refractivity contribution in [1.29, 1.82) is 0 Å². The molecule has 35 heavy (non-hydrogen) atoms. The van der Waals surface area contributed by atoms with Crippen LogP contribution in [0.3, 0.4) is 0 Å². The predicted molar refractivity (Wildman–Crippen MR) is 137 cm³/mol. The van der Waals surface area contributed by atoms with Crippen molar-refractivity contribution in [2.75, 3.05) is 18.5 Å². The van der Waals surface area contributed by atoms with Gasteiger partial charge < -0.3 is 20.1 Å². The smallest absolute Gasteiger partial charge is 0.310 e. The number of thioether (sulfide) groups is 1. The minimum Gasteiger partial charge on any atom is -0.466 e. The maximum atomic E-state index is 14.2. The Kier molecular flexibility index (Phi) is 7.26. The Morgan fingerprint density at radius 2 is 1.94 bits per heavy atom. The molecule has 1 spiro atoms. The van der Waals surface area contributed by atoms with Gasteiger partial charge in [-0.3, -0.25) is 14.4 Å². The molecular formula is C27H38N2O5S. The molecule has 3 saturated heterocycles. The van der Waals surface area contributed by atoms with Gasteiger partial charge in [0, 0.05) is 10.9 Å². The van der Waals surface area contributed by atoms with Crippen molar-refractivity contribution in [3.05, 3.63) is 29.3 Å². The van der Waals surface area contributed by atoms with E-state index in [9.17, 15) is 19.5 Å². The number of aliphatic hydroxyl groups excluding tert-OH is 1. The fourth-order valence-corrected chi connectivity index (χ4v) is 9.04. The summed E-state index contributed by atoms with van der Waals surface area (Å²) in [5.74, 6) is -1.94. The van der Waals surface area contributed by atoms with E-state index in [-0.39, 0.29) is 48.1 Å². The number of benzene rings is 1. The molecule has 3 aliphatic heterocycles. The van der Waals surface area contributed by atoms with E-state index in [0.717, 1.165) is 29.7 Å². The molecule has 3 unspecified atom stereocenters. The van der Waals surface area contributed by atoms with Crippen molar-refractivity contribution in [2.45, 2.75) is 76.5 Å². The molecule has 1 aromatic rings. The topological polar surface area (TPSA) is 95.9 Å². The lowest BCUT2D eigenvalue weighted by atomic mass is 9.66. The molecule has 0 aliphatic carbocycles. The van der Waals surface area contributed by atoms with Gasteiger partial charge >= 0.3 is 5.97 Å². The van der Waals surface area contributed by atoms with E-state index in [1.54, 1.807) is 23.6 Å². The highest BCUT2D eigenvalue weighted by atomic mass is 32.2. The largest absolute Gasteiger partial charge is 0.466 e. The molecule has 2 N–H and O–H groups in total. The van der Waals surface area contributed by atoms with E-state index in [2.05, 4.69) is 12.2 Å². The molecule has 192 valence electrons. The molecule has 2 amide bonds. The normalized spacial score (nSPS) is 32.9. The van der Waals surface area contributed by atoms with Crippen LogP contribution in [0, 0.1) is 37.5 Å². The maximum Gasteiger partial charge on any atom is 0.310 e. The molecular weight excluding hydrogens is 464 g/mol. The van der Waals surface area contributed by atoms with Crippen molar-refractivity contribution < 1.29 is 24.2 Å². The number of amides is 2. The molecule has 0 radical (unpaired) electrons. The average molecular weight is 503 g/mol. The van der Waals surface area contributed by atoms with Gasteiger partial charge in [-0.1, -0.05) is 45.4 Å². The summed E-state index contributed by atoms with van der Waals surface area (Å²) >= 11 is 1.62. The van der Waals surface area contributed by atoms with Crippen LogP contribution in [0.1, 0.15) is 51.7 Å². The molecule has 2 bridgehead atoms. The first-order valence-corrected chi connectivity index (χ1v) is 13.7. The van der Waals surface area contributed by atoms with Gasteiger partial charge in [0.25, 0.3) is 0 Å². The summed E-state index contributed by atoms with van der Waals surface area (Å²) in [6.45, 7) is 11.8. The molecule has 8 atom stereocenters. The van der Waals surface area contributed by atoms with Crippen molar-refractivity contribution in [1.82, 2.24) is 4.90 Å². The van der Waals surface area contributed by atoms with Gasteiger partial charge in [-0.25, -0.2) is 0 Å². The minimum absolute atomic E-state index is 0.00627. The maximum absolute atomic E-state index is 14.2. The van der Waals surface area contributed by atoms with Crippen LogP contribution in [0.15, 0.2) is 18.2 Å². The number of carbonyl (C=O) groups excluding carboxylic acids is 3. The summed E-state index contributed by atoms with van der Waals surface area (Å²) in [6, 6.07) is 4.56. The Balaban J connectivity index is 1.83. The molecule has 1 aromatic carbocycles. The monoisotopic (exact) mass is 502 g/mol. The van der Waals surface area contributed by atoms with Crippen LogP contribution in [-0.4, -0.2) is 63.1 Å². The lowest BCUT2D eigenvalue weighted by Gasteiger charge is -2.41. The number of anilines is 1. The van der Waals surface area contributed by atoms with Crippen LogP contribution in [0.4, 0.5) is 5.69 Å². The third-order valence-corrected chi connectivity index (χ3v) is 10.6. The number of aliphatic hydroxyl groups is 1. The molecule has 3 heterocycles. The van der Waals surface area contributed by atoms with Crippen molar-refractivity contribution in [2.24, 2.45) is 23.7 Å². The molecule has 8 heteroatoms. The number of ether oxygens (including phenoxy) is 1. The first kappa shape index (κ1) is 26.0. The first-order valence-electron chi connectivity index (χ1n) is 12.8. The number of esters is 1. The number of para-hydroxylation sites is 1. The Bertz CT molecular complexity index is 995. The summed E-state index contributed by atoms with van der Waals surface area (Å²) in [5, 5.41) is 13.5. The number of aryl methyl sites for hydroxylation is 2. The number of hydrogen-bond acceptors (Lipinski definition) is 6. The zero-order chi connectivity index (χ0) is 25.7. The molecule has 0 saturated carbocycles. The number of rotatable bonds is 8. The van der Waals surface area contributed by atoms with Crippen LogP contribution >= 0.6 is 11.8 Å². The predicted octanol–water partition coefficient (Wildman–Crippen LogP) is 3.55. The van der Waals surface area contributed by atoms with Gasteiger partial charge in [-0.05, 0) is 50.2 Å². The van der Waals surface area contributed by atoms with Gasteiger partial charge in [0.15, 0.2) is 0 Å². The van der Waals surface area contributed by atoms with Crippen LogP contribution in [0.5, 0.6) is 0 Å². The van der Waals surface area contributed by atoms with E-state index in [1.807, 2.05) is 45.9 Å². The zero-order valence-electron chi connectivity index (χ0n) is 21.5. The lowest BCUT2D eigenvalue weighted by Crippen LogP contribution is -2.58. The van der Waals surface area contributed by atoms with Gasteiger partial charge in [-0.15, -0.1) is 11.8 Å². The highest BCUT2D eigenvalue weighted by Gasteiger charge is 2.77.